The van der Waals surface area contributed by atoms with Crippen LogP contribution in [0.3, 0.4) is 0 Å². The zero-order valence-corrected chi connectivity index (χ0v) is 12.0. The molecule has 6 heteroatoms. The van der Waals surface area contributed by atoms with Crippen LogP contribution in [0.5, 0.6) is 0 Å². The number of anilines is 2. The van der Waals surface area contributed by atoms with Crippen LogP contribution in [-0.4, -0.2) is 23.6 Å². The maximum Gasteiger partial charge on any atom is 0.147 e. The van der Waals surface area contributed by atoms with Gasteiger partial charge in [-0.1, -0.05) is 23.2 Å². The van der Waals surface area contributed by atoms with Gasteiger partial charge in [-0.2, -0.15) is 0 Å². The molecule has 0 fully saturated rings. The van der Waals surface area contributed by atoms with Gasteiger partial charge in [-0.25, -0.2) is 4.98 Å². The van der Waals surface area contributed by atoms with Crippen molar-refractivity contribution >= 4 is 34.8 Å². The van der Waals surface area contributed by atoms with E-state index in [1.54, 1.807) is 25.5 Å². The molecule has 0 aromatic carbocycles. The van der Waals surface area contributed by atoms with Gasteiger partial charge in [-0.3, -0.25) is 4.98 Å². The molecule has 2 aromatic rings. The molecule has 2 N–H and O–H groups in total. The highest BCUT2D eigenvalue weighted by atomic mass is 35.5. The molecule has 0 radical (unpaired) electrons. The van der Waals surface area contributed by atoms with Gasteiger partial charge in [0.05, 0.1) is 10.0 Å². The third kappa shape index (κ3) is 3.72. The molecule has 4 nitrogen and oxygen atoms in total. The number of nitrogens with zero attached hydrogens (tertiary/aromatic N) is 2. The van der Waals surface area contributed by atoms with Crippen LogP contribution < -0.4 is 10.6 Å². The first-order chi connectivity index (χ1) is 9.20. The second kappa shape index (κ2) is 6.59. The Morgan fingerprint density at radius 1 is 1.11 bits per heavy atom. The molecule has 0 unspecified atom stereocenters. The van der Waals surface area contributed by atoms with Crippen molar-refractivity contribution in [2.45, 2.75) is 6.42 Å². The lowest BCUT2D eigenvalue weighted by molar-refractivity contribution is 1.00. The fourth-order valence-corrected chi connectivity index (χ4v) is 2.16. The van der Waals surface area contributed by atoms with Crippen molar-refractivity contribution in [1.29, 1.82) is 0 Å². The summed E-state index contributed by atoms with van der Waals surface area (Å²) in [6.45, 7) is 0.738. The van der Waals surface area contributed by atoms with Crippen LogP contribution >= 0.6 is 23.2 Å². The molecule has 2 rings (SSSR count). The Kier molecular flexibility index (Phi) is 4.82. The average Bonchev–Trinajstić information content (AvgIpc) is 2.42. The van der Waals surface area contributed by atoms with Crippen molar-refractivity contribution in [3.63, 3.8) is 0 Å². The van der Waals surface area contributed by atoms with Crippen LogP contribution in [-0.2, 0) is 6.42 Å². The third-order valence-corrected chi connectivity index (χ3v) is 3.20. The molecule has 0 saturated heterocycles. The van der Waals surface area contributed by atoms with E-state index in [0.29, 0.717) is 21.7 Å². The monoisotopic (exact) mass is 296 g/mol. The Morgan fingerprint density at radius 2 is 1.79 bits per heavy atom. The maximum atomic E-state index is 6.09. The first-order valence-corrected chi connectivity index (χ1v) is 6.63. The summed E-state index contributed by atoms with van der Waals surface area (Å²) < 4.78 is 0. The van der Waals surface area contributed by atoms with Crippen molar-refractivity contribution in [3.8, 4) is 0 Å². The number of pyridine rings is 2. The van der Waals surface area contributed by atoms with Gasteiger partial charge in [0.2, 0.25) is 0 Å². The molecule has 0 amide bonds. The molecule has 2 heterocycles. The summed E-state index contributed by atoms with van der Waals surface area (Å²) in [6.07, 6.45) is 4.43. The van der Waals surface area contributed by atoms with E-state index >= 15 is 0 Å². The second-order valence-corrected chi connectivity index (χ2v) is 4.75. The van der Waals surface area contributed by atoms with E-state index in [4.69, 9.17) is 23.2 Å². The quantitative estimate of drug-likeness (QED) is 0.887. The highest BCUT2D eigenvalue weighted by Gasteiger charge is 2.07. The van der Waals surface area contributed by atoms with Crippen LogP contribution in [0, 0.1) is 0 Å². The molecule has 19 heavy (non-hydrogen) atoms. The number of hydrogen-bond donors (Lipinski definition) is 2. The zero-order valence-electron chi connectivity index (χ0n) is 10.5. The molecular weight excluding hydrogens is 283 g/mol. The first kappa shape index (κ1) is 13.9. The van der Waals surface area contributed by atoms with E-state index in [2.05, 4.69) is 20.6 Å². The van der Waals surface area contributed by atoms with E-state index in [1.807, 2.05) is 12.1 Å². The molecule has 0 atom stereocenters. The third-order valence-electron chi connectivity index (χ3n) is 2.62. The van der Waals surface area contributed by atoms with Gasteiger partial charge in [0.25, 0.3) is 0 Å². The van der Waals surface area contributed by atoms with E-state index < -0.39 is 0 Å². The van der Waals surface area contributed by atoms with Gasteiger partial charge >= 0.3 is 0 Å². The Labute approximate surface area is 122 Å². The van der Waals surface area contributed by atoms with E-state index in [9.17, 15) is 0 Å². The maximum absolute atomic E-state index is 6.09. The number of aromatic nitrogens is 2. The van der Waals surface area contributed by atoms with Gasteiger partial charge in [0.1, 0.15) is 11.6 Å². The lowest BCUT2D eigenvalue weighted by atomic mass is 10.2. The summed E-state index contributed by atoms with van der Waals surface area (Å²) in [7, 11) is 1.77. The van der Waals surface area contributed by atoms with Gasteiger partial charge in [-0.05, 0) is 30.2 Å². The van der Waals surface area contributed by atoms with Crippen LogP contribution in [0.25, 0.3) is 0 Å². The number of nitrogens with one attached hydrogen (secondary N) is 2. The first-order valence-electron chi connectivity index (χ1n) is 5.87. The molecule has 0 aliphatic rings. The average molecular weight is 297 g/mol. The molecule has 0 spiro atoms. The summed E-state index contributed by atoms with van der Waals surface area (Å²) >= 11 is 12.1. The molecule has 0 aliphatic heterocycles. The summed E-state index contributed by atoms with van der Waals surface area (Å²) in [4.78, 5) is 8.30. The predicted octanol–water partition coefficient (Wildman–Crippen LogP) is 3.48. The lowest BCUT2D eigenvalue weighted by Crippen LogP contribution is -2.08. The molecule has 100 valence electrons. The lowest BCUT2D eigenvalue weighted by Gasteiger charge is -2.10. The molecule has 0 aliphatic carbocycles. The minimum absolute atomic E-state index is 0.507. The Hall–Kier alpha value is -1.52. The van der Waals surface area contributed by atoms with E-state index in [0.717, 1.165) is 13.0 Å². The van der Waals surface area contributed by atoms with Gasteiger partial charge in [0, 0.05) is 26.0 Å². The van der Waals surface area contributed by atoms with Crippen molar-refractivity contribution in [1.82, 2.24) is 9.97 Å². The Bertz CT molecular complexity index is 546. The SMILES string of the molecule is CNc1nc(NCCc2ccncc2)c(Cl)cc1Cl. The fraction of sp³-hybridized carbons (Fsp3) is 0.231. The molecule has 0 saturated carbocycles. The van der Waals surface area contributed by atoms with Crippen molar-refractivity contribution in [2.75, 3.05) is 24.2 Å². The minimum Gasteiger partial charge on any atom is -0.372 e. The summed E-state index contributed by atoms with van der Waals surface area (Å²) in [5.74, 6) is 1.24. The van der Waals surface area contributed by atoms with Crippen molar-refractivity contribution in [2.24, 2.45) is 0 Å². The number of hydrogen-bond acceptors (Lipinski definition) is 4. The highest BCUT2D eigenvalue weighted by molar-refractivity contribution is 6.37. The summed E-state index contributed by atoms with van der Waals surface area (Å²) in [6, 6.07) is 5.64. The van der Waals surface area contributed by atoms with E-state index in [-0.39, 0.29) is 0 Å². The largest absolute Gasteiger partial charge is 0.372 e. The van der Waals surface area contributed by atoms with Crippen LogP contribution in [0.2, 0.25) is 10.0 Å². The van der Waals surface area contributed by atoms with Crippen molar-refractivity contribution in [3.05, 3.63) is 46.2 Å². The number of rotatable bonds is 5. The fourth-order valence-electron chi connectivity index (χ4n) is 1.64. The van der Waals surface area contributed by atoms with E-state index in [1.165, 1.54) is 5.56 Å². The topological polar surface area (TPSA) is 49.8 Å². The van der Waals surface area contributed by atoms with Crippen LogP contribution in [0.1, 0.15) is 5.56 Å². The second-order valence-electron chi connectivity index (χ2n) is 3.93. The summed E-state index contributed by atoms with van der Waals surface area (Å²) in [5.41, 5.74) is 1.21. The van der Waals surface area contributed by atoms with Crippen LogP contribution in [0.15, 0.2) is 30.6 Å². The summed E-state index contributed by atoms with van der Waals surface area (Å²) in [5, 5.41) is 7.14. The zero-order chi connectivity index (χ0) is 13.7. The molecule has 2 aromatic heterocycles. The standard InChI is InChI=1S/C13H14Cl2N4/c1-16-12-10(14)8-11(15)13(19-12)18-7-4-9-2-5-17-6-3-9/h2-3,5-6,8H,4,7H2,1H3,(H2,16,18,19). The Balaban J connectivity index is 2.00. The Morgan fingerprint density at radius 3 is 2.47 bits per heavy atom. The molecule has 0 bridgehead atoms. The van der Waals surface area contributed by atoms with Gasteiger partial charge in [-0.15, -0.1) is 0 Å². The normalized spacial score (nSPS) is 10.3. The smallest absolute Gasteiger partial charge is 0.147 e. The minimum atomic E-state index is 0.507. The molecular formula is C13H14Cl2N4. The highest BCUT2D eigenvalue weighted by Crippen LogP contribution is 2.28. The predicted molar refractivity (Wildman–Crippen MR) is 80.2 cm³/mol. The van der Waals surface area contributed by atoms with Crippen LogP contribution in [0.4, 0.5) is 11.6 Å². The van der Waals surface area contributed by atoms with Gasteiger partial charge < -0.3 is 10.6 Å². The van der Waals surface area contributed by atoms with Gasteiger partial charge in [0.15, 0.2) is 0 Å². The van der Waals surface area contributed by atoms with Crippen molar-refractivity contribution < 1.29 is 0 Å². The number of halogens is 2.